The molecular weight excluding hydrogens is 192 g/mol. The van der Waals surface area contributed by atoms with E-state index in [9.17, 15) is 0 Å². The van der Waals surface area contributed by atoms with Gasteiger partial charge in [-0.3, -0.25) is 0 Å². The van der Waals surface area contributed by atoms with Gasteiger partial charge in [-0.2, -0.15) is 0 Å². The molecule has 14 heavy (non-hydrogen) atoms. The second-order valence-corrected chi connectivity index (χ2v) is 4.95. The van der Waals surface area contributed by atoms with Crippen molar-refractivity contribution in [3.63, 3.8) is 0 Å². The van der Waals surface area contributed by atoms with Gasteiger partial charge in [-0.25, -0.2) is 4.98 Å². The number of nitrogens with one attached hydrogen (secondary N) is 1. The fourth-order valence-electron chi connectivity index (χ4n) is 1.46. The smallest absolute Gasteiger partial charge is 0.183 e. The molecule has 0 spiro atoms. The zero-order chi connectivity index (χ0) is 10.6. The Labute approximate surface area is 90.8 Å². The quantitative estimate of drug-likeness (QED) is 0.805. The number of aromatic nitrogens is 1. The van der Waals surface area contributed by atoms with E-state index >= 15 is 0 Å². The first-order valence-corrected chi connectivity index (χ1v) is 6.18. The standard InChI is InChI=1S/C11H20N2S/c1-5-8(2)6-9(3)12-11-13-10(4)7-14-11/h7-9H,5-6H2,1-4H3,(H,12,13). The van der Waals surface area contributed by atoms with Gasteiger partial charge in [0.2, 0.25) is 0 Å². The van der Waals surface area contributed by atoms with Crippen LogP contribution in [-0.2, 0) is 0 Å². The minimum absolute atomic E-state index is 0.524. The van der Waals surface area contributed by atoms with Crippen LogP contribution >= 0.6 is 11.3 Å². The third-order valence-electron chi connectivity index (χ3n) is 2.44. The molecular formula is C11H20N2S. The fourth-order valence-corrected chi connectivity index (χ4v) is 2.26. The lowest BCUT2D eigenvalue weighted by molar-refractivity contribution is 0.483. The third-order valence-corrected chi connectivity index (χ3v) is 3.33. The summed E-state index contributed by atoms with van der Waals surface area (Å²) >= 11 is 1.69. The molecule has 0 aliphatic heterocycles. The Hall–Kier alpha value is -0.570. The summed E-state index contributed by atoms with van der Waals surface area (Å²) in [6.07, 6.45) is 2.47. The molecule has 80 valence electrons. The Morgan fingerprint density at radius 1 is 1.50 bits per heavy atom. The molecule has 0 aromatic carbocycles. The third kappa shape index (κ3) is 3.66. The van der Waals surface area contributed by atoms with Crippen LogP contribution in [0, 0.1) is 12.8 Å². The molecule has 2 unspecified atom stereocenters. The van der Waals surface area contributed by atoms with Gasteiger partial charge in [0.15, 0.2) is 5.13 Å². The Morgan fingerprint density at radius 2 is 2.21 bits per heavy atom. The Balaban J connectivity index is 2.37. The molecule has 0 fully saturated rings. The molecule has 0 amide bonds. The van der Waals surface area contributed by atoms with E-state index in [1.807, 2.05) is 6.92 Å². The van der Waals surface area contributed by atoms with Gasteiger partial charge in [0, 0.05) is 11.4 Å². The molecule has 0 saturated heterocycles. The van der Waals surface area contributed by atoms with Gasteiger partial charge in [-0.1, -0.05) is 20.3 Å². The van der Waals surface area contributed by atoms with Crippen LogP contribution in [0.25, 0.3) is 0 Å². The summed E-state index contributed by atoms with van der Waals surface area (Å²) in [4.78, 5) is 4.39. The van der Waals surface area contributed by atoms with Crippen molar-refractivity contribution in [2.45, 2.75) is 46.6 Å². The summed E-state index contributed by atoms with van der Waals surface area (Å²) < 4.78 is 0. The molecule has 0 aliphatic carbocycles. The molecule has 1 N–H and O–H groups in total. The Kier molecular flexibility index (Phi) is 4.39. The molecule has 0 bridgehead atoms. The normalized spacial score (nSPS) is 15.1. The van der Waals surface area contributed by atoms with Crippen LogP contribution in [0.4, 0.5) is 5.13 Å². The maximum atomic E-state index is 4.39. The Bertz CT molecular complexity index is 270. The first-order chi connectivity index (χ1) is 6.61. The number of thiazole rings is 1. The first-order valence-electron chi connectivity index (χ1n) is 5.30. The largest absolute Gasteiger partial charge is 0.359 e. The second kappa shape index (κ2) is 5.35. The molecule has 1 rings (SSSR count). The molecule has 0 radical (unpaired) electrons. The van der Waals surface area contributed by atoms with Crippen LogP contribution in [0.5, 0.6) is 0 Å². The van der Waals surface area contributed by atoms with Gasteiger partial charge < -0.3 is 5.32 Å². The zero-order valence-electron chi connectivity index (χ0n) is 9.50. The van der Waals surface area contributed by atoms with Crippen LogP contribution in [0.15, 0.2) is 5.38 Å². The van der Waals surface area contributed by atoms with Crippen molar-refractivity contribution in [3.8, 4) is 0 Å². The van der Waals surface area contributed by atoms with Gasteiger partial charge in [-0.15, -0.1) is 11.3 Å². The molecule has 3 heteroatoms. The first kappa shape index (κ1) is 11.5. The SMILES string of the molecule is CCC(C)CC(C)Nc1nc(C)cs1. The van der Waals surface area contributed by atoms with Crippen molar-refractivity contribution < 1.29 is 0 Å². The highest BCUT2D eigenvalue weighted by Crippen LogP contribution is 2.18. The van der Waals surface area contributed by atoms with Gasteiger partial charge in [0.25, 0.3) is 0 Å². The number of aryl methyl sites for hydroxylation is 1. The predicted molar refractivity (Wildman–Crippen MR) is 64.0 cm³/mol. The number of hydrogen-bond acceptors (Lipinski definition) is 3. The van der Waals surface area contributed by atoms with E-state index in [2.05, 4.69) is 36.5 Å². The lowest BCUT2D eigenvalue weighted by Crippen LogP contribution is -2.18. The summed E-state index contributed by atoms with van der Waals surface area (Å²) in [5.74, 6) is 0.790. The van der Waals surface area contributed by atoms with Gasteiger partial charge in [-0.05, 0) is 26.2 Å². The highest BCUT2D eigenvalue weighted by molar-refractivity contribution is 7.13. The summed E-state index contributed by atoms with van der Waals surface area (Å²) in [6, 6.07) is 0.524. The number of nitrogens with zero attached hydrogens (tertiary/aromatic N) is 1. The molecule has 1 aromatic rings. The summed E-state index contributed by atoms with van der Waals surface area (Å²) in [5.41, 5.74) is 1.10. The van der Waals surface area contributed by atoms with Crippen LogP contribution < -0.4 is 5.32 Å². The van der Waals surface area contributed by atoms with Gasteiger partial charge in [0.1, 0.15) is 0 Å². The second-order valence-electron chi connectivity index (χ2n) is 4.09. The molecule has 2 atom stereocenters. The Morgan fingerprint density at radius 3 is 2.71 bits per heavy atom. The molecule has 1 aromatic heterocycles. The monoisotopic (exact) mass is 212 g/mol. The van der Waals surface area contributed by atoms with Crippen molar-refractivity contribution in [2.24, 2.45) is 5.92 Å². The van der Waals surface area contributed by atoms with Crippen molar-refractivity contribution >= 4 is 16.5 Å². The molecule has 1 heterocycles. The van der Waals surface area contributed by atoms with E-state index in [0.717, 1.165) is 16.7 Å². The van der Waals surface area contributed by atoms with Crippen molar-refractivity contribution in [2.75, 3.05) is 5.32 Å². The number of anilines is 1. The molecule has 0 aliphatic rings. The van der Waals surface area contributed by atoms with Crippen LogP contribution in [0.3, 0.4) is 0 Å². The summed E-state index contributed by atoms with van der Waals surface area (Å²) in [7, 11) is 0. The van der Waals surface area contributed by atoms with Crippen molar-refractivity contribution in [1.29, 1.82) is 0 Å². The summed E-state index contributed by atoms with van der Waals surface area (Å²) in [5, 5.41) is 6.57. The maximum Gasteiger partial charge on any atom is 0.183 e. The average molecular weight is 212 g/mol. The lowest BCUT2D eigenvalue weighted by atomic mass is 10.0. The van der Waals surface area contributed by atoms with Crippen LogP contribution in [0.1, 0.15) is 39.3 Å². The zero-order valence-corrected chi connectivity index (χ0v) is 10.3. The minimum atomic E-state index is 0.524. The molecule has 0 saturated carbocycles. The van der Waals surface area contributed by atoms with E-state index in [0.29, 0.717) is 6.04 Å². The maximum absolute atomic E-state index is 4.39. The fraction of sp³-hybridized carbons (Fsp3) is 0.727. The highest BCUT2D eigenvalue weighted by Gasteiger charge is 2.08. The van der Waals surface area contributed by atoms with Crippen molar-refractivity contribution in [1.82, 2.24) is 4.98 Å². The van der Waals surface area contributed by atoms with Crippen LogP contribution in [0.2, 0.25) is 0 Å². The van der Waals surface area contributed by atoms with Gasteiger partial charge in [0.05, 0.1) is 5.69 Å². The van der Waals surface area contributed by atoms with Crippen LogP contribution in [-0.4, -0.2) is 11.0 Å². The minimum Gasteiger partial charge on any atom is -0.359 e. The van der Waals surface area contributed by atoms with E-state index in [4.69, 9.17) is 0 Å². The summed E-state index contributed by atoms with van der Waals surface area (Å²) in [6.45, 7) is 8.79. The topological polar surface area (TPSA) is 24.9 Å². The van der Waals surface area contributed by atoms with Crippen molar-refractivity contribution in [3.05, 3.63) is 11.1 Å². The van der Waals surface area contributed by atoms with E-state index in [-0.39, 0.29) is 0 Å². The van der Waals surface area contributed by atoms with E-state index in [1.165, 1.54) is 12.8 Å². The van der Waals surface area contributed by atoms with Gasteiger partial charge >= 0.3 is 0 Å². The highest BCUT2D eigenvalue weighted by atomic mass is 32.1. The average Bonchev–Trinajstić information content (AvgIpc) is 2.50. The lowest BCUT2D eigenvalue weighted by Gasteiger charge is -2.16. The molecule has 2 nitrogen and oxygen atoms in total. The van der Waals surface area contributed by atoms with E-state index < -0.39 is 0 Å². The number of rotatable bonds is 5. The number of hydrogen-bond donors (Lipinski definition) is 1. The van der Waals surface area contributed by atoms with E-state index in [1.54, 1.807) is 11.3 Å². The predicted octanol–water partition coefficient (Wildman–Crippen LogP) is 3.69.